The van der Waals surface area contributed by atoms with E-state index in [1.54, 1.807) is 0 Å². The number of aliphatic imine (C=N–C) groups is 1. The number of nitrogens with one attached hydrogen (secondary N) is 1. The first-order valence-corrected chi connectivity index (χ1v) is 6.70. The predicted octanol–water partition coefficient (Wildman–Crippen LogP) is 2.46. The van der Waals surface area contributed by atoms with Gasteiger partial charge in [0.1, 0.15) is 11.6 Å². The lowest BCUT2D eigenvalue weighted by Crippen LogP contribution is -2.36. The Bertz CT molecular complexity index is 516. The largest absolute Gasteiger partial charge is 0.381 e. The van der Waals surface area contributed by atoms with E-state index in [-0.39, 0.29) is 18.2 Å². The van der Waals surface area contributed by atoms with Gasteiger partial charge in [0.05, 0.1) is 18.9 Å². The second-order valence-corrected chi connectivity index (χ2v) is 5.20. The molecule has 1 heterocycles. The number of alkyl halides is 1. The first-order chi connectivity index (χ1) is 10.0. The summed E-state index contributed by atoms with van der Waals surface area (Å²) >= 11 is 0. The first kappa shape index (κ1) is 15.6. The van der Waals surface area contributed by atoms with Crippen molar-refractivity contribution in [1.29, 1.82) is 0 Å². The molecule has 1 aromatic rings. The van der Waals surface area contributed by atoms with Crippen LogP contribution in [0.2, 0.25) is 0 Å². The number of nitrogens with zero attached hydrogens (tertiary/aromatic N) is 1. The van der Waals surface area contributed by atoms with E-state index in [2.05, 4.69) is 10.3 Å². The Morgan fingerprint density at radius 3 is 2.71 bits per heavy atom. The van der Waals surface area contributed by atoms with Gasteiger partial charge in [-0.3, -0.25) is 9.38 Å². The number of ether oxygens (including phenoxy) is 1. The Morgan fingerprint density at radius 2 is 2.05 bits per heavy atom. The molecule has 1 aliphatic heterocycles. The molecule has 0 aliphatic carbocycles. The topological polar surface area (TPSA) is 59.6 Å². The van der Waals surface area contributed by atoms with E-state index < -0.39 is 23.7 Å². The van der Waals surface area contributed by atoms with E-state index >= 15 is 0 Å². The molecule has 1 aliphatic rings. The van der Waals surface area contributed by atoms with E-state index in [4.69, 9.17) is 10.5 Å². The number of anilines is 1. The molecule has 0 unspecified atom stereocenters. The van der Waals surface area contributed by atoms with Crippen LogP contribution in [-0.2, 0) is 4.74 Å². The standard InChI is InChI=1S/C14H18F3N3O/c15-8-14(3-5-21-6-4-14)9-19-13(18)20-12-7-10(16)1-2-11(12)17/h1-2,7H,3-6,8-9H2,(H3,18,19,20). The third-order valence-electron chi connectivity index (χ3n) is 3.61. The van der Waals surface area contributed by atoms with E-state index in [1.165, 1.54) is 0 Å². The molecule has 0 spiro atoms. The molecule has 4 nitrogen and oxygen atoms in total. The third kappa shape index (κ3) is 4.10. The fourth-order valence-electron chi connectivity index (χ4n) is 2.16. The smallest absolute Gasteiger partial charge is 0.193 e. The van der Waals surface area contributed by atoms with Crippen LogP contribution in [0.1, 0.15) is 12.8 Å². The monoisotopic (exact) mass is 301 g/mol. The average molecular weight is 301 g/mol. The van der Waals surface area contributed by atoms with Crippen molar-refractivity contribution in [1.82, 2.24) is 0 Å². The van der Waals surface area contributed by atoms with Crippen LogP contribution in [0.5, 0.6) is 0 Å². The molecule has 21 heavy (non-hydrogen) atoms. The Hall–Kier alpha value is -1.76. The zero-order valence-electron chi connectivity index (χ0n) is 11.5. The summed E-state index contributed by atoms with van der Waals surface area (Å²) in [7, 11) is 0. The molecule has 1 fully saturated rings. The Kier molecular flexibility index (Phi) is 5.06. The van der Waals surface area contributed by atoms with Gasteiger partial charge in [0, 0.05) is 24.7 Å². The molecule has 3 N–H and O–H groups in total. The second kappa shape index (κ2) is 6.80. The summed E-state index contributed by atoms with van der Waals surface area (Å²) in [6, 6.07) is 2.98. The summed E-state index contributed by atoms with van der Waals surface area (Å²) in [5.74, 6) is -1.30. The van der Waals surface area contributed by atoms with Gasteiger partial charge in [0.15, 0.2) is 5.96 Å². The molecule has 0 aromatic heterocycles. The van der Waals surface area contributed by atoms with E-state index in [1.807, 2.05) is 0 Å². The summed E-state index contributed by atoms with van der Waals surface area (Å²) in [5.41, 5.74) is 4.97. The maximum absolute atomic E-state index is 13.5. The lowest BCUT2D eigenvalue weighted by molar-refractivity contribution is 0.00696. The lowest BCUT2D eigenvalue weighted by Gasteiger charge is -2.33. The summed E-state index contributed by atoms with van der Waals surface area (Å²) in [5, 5.41) is 2.49. The zero-order chi connectivity index (χ0) is 15.3. The van der Waals surface area contributed by atoms with E-state index in [9.17, 15) is 13.2 Å². The highest BCUT2D eigenvalue weighted by Crippen LogP contribution is 2.31. The Balaban J connectivity index is 2.02. The van der Waals surface area contributed by atoms with Crippen LogP contribution in [0.15, 0.2) is 23.2 Å². The maximum Gasteiger partial charge on any atom is 0.193 e. The Labute approximate surface area is 121 Å². The van der Waals surface area contributed by atoms with Gasteiger partial charge in [-0.1, -0.05) is 0 Å². The van der Waals surface area contributed by atoms with Crippen molar-refractivity contribution < 1.29 is 17.9 Å². The van der Waals surface area contributed by atoms with Gasteiger partial charge in [0.2, 0.25) is 0 Å². The van der Waals surface area contributed by atoms with Crippen LogP contribution in [-0.4, -0.2) is 32.4 Å². The van der Waals surface area contributed by atoms with Crippen molar-refractivity contribution in [3.8, 4) is 0 Å². The molecular formula is C14H18F3N3O. The highest BCUT2D eigenvalue weighted by atomic mass is 19.1. The number of guanidine groups is 1. The molecule has 0 radical (unpaired) electrons. The van der Waals surface area contributed by atoms with E-state index in [0.29, 0.717) is 26.1 Å². The molecule has 1 saturated heterocycles. The zero-order valence-corrected chi connectivity index (χ0v) is 11.5. The van der Waals surface area contributed by atoms with Gasteiger partial charge in [-0.05, 0) is 25.0 Å². The molecule has 0 bridgehead atoms. The van der Waals surface area contributed by atoms with Crippen LogP contribution >= 0.6 is 0 Å². The van der Waals surface area contributed by atoms with Crippen LogP contribution in [0.25, 0.3) is 0 Å². The molecule has 1 aromatic carbocycles. The molecule has 7 heteroatoms. The fourth-order valence-corrected chi connectivity index (χ4v) is 2.16. The highest BCUT2D eigenvalue weighted by molar-refractivity contribution is 5.92. The summed E-state index contributed by atoms with van der Waals surface area (Å²) < 4.78 is 44.9. The third-order valence-corrected chi connectivity index (χ3v) is 3.61. The van der Waals surface area contributed by atoms with Crippen molar-refractivity contribution in [2.45, 2.75) is 12.8 Å². The van der Waals surface area contributed by atoms with Crippen LogP contribution in [0.4, 0.5) is 18.9 Å². The summed E-state index contributed by atoms with van der Waals surface area (Å²) in [4.78, 5) is 4.06. The minimum Gasteiger partial charge on any atom is -0.381 e. The summed E-state index contributed by atoms with van der Waals surface area (Å²) in [6.07, 6.45) is 1.13. The minimum absolute atomic E-state index is 0.0705. The van der Waals surface area contributed by atoms with Crippen molar-refractivity contribution >= 4 is 11.6 Å². The molecule has 0 amide bonds. The predicted molar refractivity (Wildman–Crippen MR) is 74.9 cm³/mol. The number of hydrogen-bond donors (Lipinski definition) is 2. The normalized spacial score (nSPS) is 18.5. The average Bonchev–Trinajstić information content (AvgIpc) is 2.50. The number of hydrogen-bond acceptors (Lipinski definition) is 2. The number of nitrogens with two attached hydrogens (primary N) is 1. The number of benzene rings is 1. The first-order valence-electron chi connectivity index (χ1n) is 6.70. The van der Waals surface area contributed by atoms with Gasteiger partial charge >= 0.3 is 0 Å². The number of halogens is 3. The summed E-state index contributed by atoms with van der Waals surface area (Å²) in [6.45, 7) is 0.653. The van der Waals surface area contributed by atoms with Gasteiger partial charge in [0.25, 0.3) is 0 Å². The van der Waals surface area contributed by atoms with Gasteiger partial charge in [-0.15, -0.1) is 0 Å². The lowest BCUT2D eigenvalue weighted by atomic mass is 9.82. The van der Waals surface area contributed by atoms with Gasteiger partial charge < -0.3 is 15.8 Å². The molecular weight excluding hydrogens is 283 g/mol. The SMILES string of the molecule is NC(=NCC1(CF)CCOCC1)Nc1cc(F)ccc1F. The van der Waals surface area contributed by atoms with Crippen molar-refractivity contribution in [2.24, 2.45) is 16.1 Å². The van der Waals surface area contributed by atoms with Crippen LogP contribution in [0.3, 0.4) is 0 Å². The number of rotatable bonds is 4. The molecule has 0 atom stereocenters. The van der Waals surface area contributed by atoms with Gasteiger partial charge in [-0.25, -0.2) is 8.78 Å². The minimum atomic E-state index is -0.638. The van der Waals surface area contributed by atoms with Crippen molar-refractivity contribution in [2.75, 3.05) is 31.7 Å². The second-order valence-electron chi connectivity index (χ2n) is 5.20. The maximum atomic E-state index is 13.5. The van der Waals surface area contributed by atoms with Gasteiger partial charge in [-0.2, -0.15) is 0 Å². The quantitative estimate of drug-likeness (QED) is 0.663. The van der Waals surface area contributed by atoms with Crippen LogP contribution in [0, 0.1) is 17.0 Å². The van der Waals surface area contributed by atoms with Crippen molar-refractivity contribution in [3.63, 3.8) is 0 Å². The highest BCUT2D eigenvalue weighted by Gasteiger charge is 2.32. The van der Waals surface area contributed by atoms with Crippen molar-refractivity contribution in [3.05, 3.63) is 29.8 Å². The Morgan fingerprint density at radius 1 is 1.33 bits per heavy atom. The molecule has 0 saturated carbocycles. The molecule has 2 rings (SSSR count). The fraction of sp³-hybridized carbons (Fsp3) is 0.500. The van der Waals surface area contributed by atoms with E-state index in [0.717, 1.165) is 18.2 Å². The van der Waals surface area contributed by atoms with Crippen LogP contribution < -0.4 is 11.1 Å². The molecule has 116 valence electrons.